The molecular weight excluding hydrogens is 264 g/mol. The molecule has 0 radical (unpaired) electrons. The Hall–Kier alpha value is -1.59. The zero-order valence-corrected chi connectivity index (χ0v) is 13.5. The molecule has 1 aromatic heterocycles. The average molecular weight is 292 g/mol. The summed E-state index contributed by atoms with van der Waals surface area (Å²) in [6, 6.07) is 0. The normalized spacial score (nSPS) is 18.0. The summed E-state index contributed by atoms with van der Waals surface area (Å²) in [5, 5.41) is 14.9. The van der Waals surface area contributed by atoms with E-state index in [4.69, 9.17) is 0 Å². The molecule has 1 aromatic rings. The lowest BCUT2D eigenvalue weighted by atomic mass is 9.89. The van der Waals surface area contributed by atoms with E-state index in [1.807, 2.05) is 7.05 Å². The highest BCUT2D eigenvalue weighted by Crippen LogP contribution is 2.36. The number of aliphatic imine (C=N–C) groups is 1. The Morgan fingerprint density at radius 2 is 2.14 bits per heavy atom. The van der Waals surface area contributed by atoms with Crippen molar-refractivity contribution in [3.05, 3.63) is 12.2 Å². The molecule has 2 N–H and O–H groups in total. The maximum atomic E-state index is 4.30. The molecule has 118 valence electrons. The lowest BCUT2D eigenvalue weighted by Crippen LogP contribution is -2.43. The van der Waals surface area contributed by atoms with E-state index in [0.29, 0.717) is 5.41 Å². The zero-order valence-electron chi connectivity index (χ0n) is 13.5. The van der Waals surface area contributed by atoms with Crippen LogP contribution in [-0.4, -0.2) is 40.9 Å². The SMILES string of the molecule is CCc1nncn1CCNC(=NC)NCC1(C)CCCC1. The van der Waals surface area contributed by atoms with Crippen LogP contribution in [0.5, 0.6) is 0 Å². The van der Waals surface area contributed by atoms with E-state index >= 15 is 0 Å². The summed E-state index contributed by atoms with van der Waals surface area (Å²) < 4.78 is 2.08. The summed E-state index contributed by atoms with van der Waals surface area (Å²) >= 11 is 0. The van der Waals surface area contributed by atoms with Crippen molar-refractivity contribution in [3.8, 4) is 0 Å². The third-order valence-electron chi connectivity index (χ3n) is 4.37. The summed E-state index contributed by atoms with van der Waals surface area (Å²) in [6.07, 6.45) is 8.05. The maximum absolute atomic E-state index is 4.30. The van der Waals surface area contributed by atoms with Gasteiger partial charge in [-0.1, -0.05) is 26.7 Å². The van der Waals surface area contributed by atoms with Crippen molar-refractivity contribution >= 4 is 5.96 Å². The second-order valence-electron chi connectivity index (χ2n) is 6.16. The number of nitrogens with one attached hydrogen (secondary N) is 2. The van der Waals surface area contributed by atoms with E-state index in [0.717, 1.165) is 37.8 Å². The Morgan fingerprint density at radius 1 is 1.38 bits per heavy atom. The summed E-state index contributed by atoms with van der Waals surface area (Å²) in [7, 11) is 1.82. The molecule has 0 atom stereocenters. The molecule has 0 bridgehead atoms. The lowest BCUT2D eigenvalue weighted by molar-refractivity contribution is 0.334. The van der Waals surface area contributed by atoms with Crippen LogP contribution >= 0.6 is 0 Å². The topological polar surface area (TPSA) is 67.1 Å². The van der Waals surface area contributed by atoms with Crippen molar-refractivity contribution in [2.75, 3.05) is 20.1 Å². The third-order valence-corrected chi connectivity index (χ3v) is 4.37. The summed E-state index contributed by atoms with van der Waals surface area (Å²) in [6.45, 7) is 7.14. The van der Waals surface area contributed by atoms with E-state index < -0.39 is 0 Å². The van der Waals surface area contributed by atoms with Gasteiger partial charge in [-0.3, -0.25) is 4.99 Å². The van der Waals surface area contributed by atoms with Gasteiger partial charge in [0.25, 0.3) is 0 Å². The number of guanidine groups is 1. The first-order valence-electron chi connectivity index (χ1n) is 7.98. The molecule has 0 spiro atoms. The smallest absolute Gasteiger partial charge is 0.191 e. The molecule has 1 aliphatic rings. The molecule has 0 aromatic carbocycles. The van der Waals surface area contributed by atoms with E-state index in [1.54, 1.807) is 6.33 Å². The second-order valence-corrected chi connectivity index (χ2v) is 6.16. The van der Waals surface area contributed by atoms with Gasteiger partial charge in [0, 0.05) is 33.1 Å². The lowest BCUT2D eigenvalue weighted by Gasteiger charge is -2.25. The van der Waals surface area contributed by atoms with Crippen LogP contribution in [0, 0.1) is 5.41 Å². The van der Waals surface area contributed by atoms with Gasteiger partial charge in [0.05, 0.1) is 0 Å². The van der Waals surface area contributed by atoms with Crippen LogP contribution < -0.4 is 10.6 Å². The standard InChI is InChI=1S/C15H28N6/c1-4-13-20-19-12-21(13)10-9-17-14(16-3)18-11-15(2)7-5-6-8-15/h12H,4-11H2,1-3H3,(H2,16,17,18). The van der Waals surface area contributed by atoms with Crippen molar-refractivity contribution in [1.29, 1.82) is 0 Å². The number of hydrogen-bond donors (Lipinski definition) is 2. The third kappa shape index (κ3) is 4.44. The van der Waals surface area contributed by atoms with Gasteiger partial charge in [0.1, 0.15) is 12.2 Å². The maximum Gasteiger partial charge on any atom is 0.191 e. The van der Waals surface area contributed by atoms with Gasteiger partial charge >= 0.3 is 0 Å². The average Bonchev–Trinajstić information content (AvgIpc) is 3.11. The molecule has 6 nitrogen and oxygen atoms in total. The van der Waals surface area contributed by atoms with Gasteiger partial charge < -0.3 is 15.2 Å². The van der Waals surface area contributed by atoms with Crippen molar-refractivity contribution in [2.24, 2.45) is 10.4 Å². The first-order chi connectivity index (χ1) is 10.2. The first kappa shape index (κ1) is 15.8. The predicted molar refractivity (Wildman–Crippen MR) is 85.3 cm³/mol. The van der Waals surface area contributed by atoms with Crippen molar-refractivity contribution in [1.82, 2.24) is 25.4 Å². The first-order valence-corrected chi connectivity index (χ1v) is 7.98. The fourth-order valence-electron chi connectivity index (χ4n) is 2.96. The van der Waals surface area contributed by atoms with Crippen LogP contribution in [0.25, 0.3) is 0 Å². The molecular formula is C15H28N6. The molecule has 0 amide bonds. The minimum absolute atomic E-state index is 0.432. The highest BCUT2D eigenvalue weighted by atomic mass is 15.3. The van der Waals surface area contributed by atoms with Crippen LogP contribution in [0.1, 0.15) is 45.4 Å². The molecule has 1 aliphatic carbocycles. The molecule has 1 fully saturated rings. The van der Waals surface area contributed by atoms with Gasteiger partial charge in [-0.25, -0.2) is 0 Å². The molecule has 0 unspecified atom stereocenters. The van der Waals surface area contributed by atoms with E-state index in [9.17, 15) is 0 Å². The Morgan fingerprint density at radius 3 is 2.81 bits per heavy atom. The van der Waals surface area contributed by atoms with Gasteiger partial charge in [0.2, 0.25) is 0 Å². The van der Waals surface area contributed by atoms with E-state index in [-0.39, 0.29) is 0 Å². The Bertz CT molecular complexity index is 458. The van der Waals surface area contributed by atoms with Gasteiger partial charge in [-0.15, -0.1) is 10.2 Å². The summed E-state index contributed by atoms with van der Waals surface area (Å²) in [4.78, 5) is 4.30. The Balaban J connectivity index is 1.73. The number of nitrogens with zero attached hydrogens (tertiary/aromatic N) is 4. The largest absolute Gasteiger partial charge is 0.356 e. The number of rotatable bonds is 6. The molecule has 1 heterocycles. The van der Waals surface area contributed by atoms with Crippen LogP contribution in [0.2, 0.25) is 0 Å². The number of hydrogen-bond acceptors (Lipinski definition) is 3. The van der Waals surface area contributed by atoms with Crippen molar-refractivity contribution in [3.63, 3.8) is 0 Å². The van der Waals surface area contributed by atoms with Crippen LogP contribution in [-0.2, 0) is 13.0 Å². The molecule has 2 rings (SSSR count). The highest BCUT2D eigenvalue weighted by Gasteiger charge is 2.28. The Labute approximate surface area is 127 Å². The molecule has 6 heteroatoms. The van der Waals surface area contributed by atoms with Crippen LogP contribution in [0.3, 0.4) is 0 Å². The summed E-state index contributed by atoms with van der Waals surface area (Å²) in [5.41, 5.74) is 0.432. The molecule has 0 aliphatic heterocycles. The van der Waals surface area contributed by atoms with Gasteiger partial charge in [-0.2, -0.15) is 0 Å². The van der Waals surface area contributed by atoms with Crippen molar-refractivity contribution < 1.29 is 0 Å². The molecule has 1 saturated carbocycles. The van der Waals surface area contributed by atoms with Crippen LogP contribution in [0.15, 0.2) is 11.3 Å². The highest BCUT2D eigenvalue weighted by molar-refractivity contribution is 5.79. The van der Waals surface area contributed by atoms with Crippen LogP contribution in [0.4, 0.5) is 0 Å². The van der Waals surface area contributed by atoms with Gasteiger partial charge in [0.15, 0.2) is 5.96 Å². The quantitative estimate of drug-likeness (QED) is 0.617. The van der Waals surface area contributed by atoms with Gasteiger partial charge in [-0.05, 0) is 18.3 Å². The molecule has 0 saturated heterocycles. The number of aryl methyl sites for hydroxylation is 1. The minimum atomic E-state index is 0.432. The van der Waals surface area contributed by atoms with Crippen molar-refractivity contribution in [2.45, 2.75) is 52.5 Å². The fraction of sp³-hybridized carbons (Fsp3) is 0.800. The predicted octanol–water partition coefficient (Wildman–Crippen LogP) is 1.59. The minimum Gasteiger partial charge on any atom is -0.356 e. The fourth-order valence-corrected chi connectivity index (χ4v) is 2.96. The second kappa shape index (κ2) is 7.43. The summed E-state index contributed by atoms with van der Waals surface area (Å²) in [5.74, 6) is 1.91. The van der Waals surface area contributed by atoms with E-state index in [1.165, 1.54) is 25.7 Å². The monoisotopic (exact) mass is 292 g/mol. The Kier molecular flexibility index (Phi) is 5.59. The number of aromatic nitrogens is 3. The zero-order chi connectivity index (χ0) is 15.1. The molecule has 21 heavy (non-hydrogen) atoms. The van der Waals surface area contributed by atoms with E-state index in [2.05, 4.69) is 44.2 Å².